The summed E-state index contributed by atoms with van der Waals surface area (Å²) in [7, 11) is 2.15. The van der Waals surface area contributed by atoms with Crippen molar-refractivity contribution in [2.75, 3.05) is 52.9 Å². The van der Waals surface area contributed by atoms with Gasteiger partial charge in [-0.25, -0.2) is 0 Å². The van der Waals surface area contributed by atoms with Crippen LogP contribution in [0.15, 0.2) is 0 Å². The number of nitrogens with one attached hydrogen (secondary N) is 2. The fourth-order valence-electron chi connectivity index (χ4n) is 2.82. The zero-order valence-electron chi connectivity index (χ0n) is 12.9. The number of morpholine rings is 1. The SMILES string of the molecule is CC(CN1CCN(C)CC1)NC(=O)[C@H]1NCCO[C@@H]1C. The van der Waals surface area contributed by atoms with Gasteiger partial charge >= 0.3 is 0 Å². The molecule has 6 nitrogen and oxygen atoms in total. The molecule has 2 aliphatic heterocycles. The average Bonchev–Trinajstić information content (AvgIpc) is 2.41. The Bertz CT molecular complexity index is 318. The lowest BCUT2D eigenvalue weighted by molar-refractivity contribution is -0.129. The number of carbonyl (C=O) groups is 1. The molecule has 20 heavy (non-hydrogen) atoms. The summed E-state index contributed by atoms with van der Waals surface area (Å²) in [6.07, 6.45) is -0.0559. The van der Waals surface area contributed by atoms with Gasteiger partial charge in [0.1, 0.15) is 6.04 Å². The van der Waals surface area contributed by atoms with Crippen molar-refractivity contribution in [1.29, 1.82) is 0 Å². The Morgan fingerprint density at radius 2 is 2.10 bits per heavy atom. The summed E-state index contributed by atoms with van der Waals surface area (Å²) < 4.78 is 5.52. The van der Waals surface area contributed by atoms with Gasteiger partial charge in [0.15, 0.2) is 0 Å². The van der Waals surface area contributed by atoms with E-state index in [1.54, 1.807) is 0 Å². The van der Waals surface area contributed by atoms with E-state index < -0.39 is 0 Å². The lowest BCUT2D eigenvalue weighted by Gasteiger charge is -2.35. The van der Waals surface area contributed by atoms with Crippen LogP contribution in [-0.2, 0) is 9.53 Å². The third-order valence-corrected chi connectivity index (χ3v) is 4.12. The maximum Gasteiger partial charge on any atom is 0.240 e. The van der Waals surface area contributed by atoms with Crippen molar-refractivity contribution in [3.05, 3.63) is 0 Å². The van der Waals surface area contributed by atoms with Gasteiger partial charge in [-0.2, -0.15) is 0 Å². The van der Waals surface area contributed by atoms with Crippen LogP contribution in [0.2, 0.25) is 0 Å². The number of likely N-dealkylation sites (N-methyl/N-ethyl adjacent to an activating group) is 1. The number of amides is 1. The first-order valence-corrected chi connectivity index (χ1v) is 7.62. The van der Waals surface area contributed by atoms with Gasteiger partial charge in [0, 0.05) is 45.3 Å². The molecule has 0 spiro atoms. The Labute approximate surface area is 121 Å². The molecular formula is C14H28N4O2. The molecule has 0 aliphatic carbocycles. The first kappa shape index (κ1) is 15.7. The fraction of sp³-hybridized carbons (Fsp3) is 0.929. The summed E-state index contributed by atoms with van der Waals surface area (Å²) in [6, 6.07) is -0.0551. The second-order valence-electron chi connectivity index (χ2n) is 6.02. The maximum absolute atomic E-state index is 12.2. The van der Waals surface area contributed by atoms with E-state index in [2.05, 4.69) is 34.4 Å². The highest BCUT2D eigenvalue weighted by atomic mass is 16.5. The van der Waals surface area contributed by atoms with Gasteiger partial charge < -0.3 is 20.3 Å². The molecule has 0 bridgehead atoms. The van der Waals surface area contributed by atoms with Crippen LogP contribution < -0.4 is 10.6 Å². The van der Waals surface area contributed by atoms with E-state index in [0.717, 1.165) is 39.3 Å². The lowest BCUT2D eigenvalue weighted by Crippen LogP contribution is -2.58. The van der Waals surface area contributed by atoms with Gasteiger partial charge in [0.25, 0.3) is 0 Å². The minimum atomic E-state index is -0.223. The quantitative estimate of drug-likeness (QED) is 0.702. The van der Waals surface area contributed by atoms with E-state index in [9.17, 15) is 4.79 Å². The third-order valence-electron chi connectivity index (χ3n) is 4.12. The van der Waals surface area contributed by atoms with E-state index in [1.165, 1.54) is 0 Å². The van der Waals surface area contributed by atoms with E-state index in [1.807, 2.05) is 6.92 Å². The molecule has 0 saturated carbocycles. The monoisotopic (exact) mass is 284 g/mol. The molecule has 0 aromatic heterocycles. The predicted octanol–water partition coefficient (Wildman–Crippen LogP) is -0.885. The third kappa shape index (κ3) is 4.41. The van der Waals surface area contributed by atoms with E-state index >= 15 is 0 Å². The van der Waals surface area contributed by atoms with E-state index in [-0.39, 0.29) is 24.1 Å². The van der Waals surface area contributed by atoms with Crippen molar-refractivity contribution < 1.29 is 9.53 Å². The molecule has 0 aromatic rings. The summed E-state index contributed by atoms with van der Waals surface area (Å²) in [5.74, 6) is 0.0545. The first-order chi connectivity index (χ1) is 9.56. The summed E-state index contributed by atoms with van der Waals surface area (Å²) >= 11 is 0. The fourth-order valence-corrected chi connectivity index (χ4v) is 2.82. The Morgan fingerprint density at radius 1 is 1.40 bits per heavy atom. The number of carbonyl (C=O) groups excluding carboxylic acids is 1. The van der Waals surface area contributed by atoms with Crippen LogP contribution >= 0.6 is 0 Å². The van der Waals surface area contributed by atoms with Gasteiger partial charge in [0.05, 0.1) is 12.7 Å². The van der Waals surface area contributed by atoms with Crippen LogP contribution in [-0.4, -0.2) is 86.8 Å². The average molecular weight is 284 g/mol. The van der Waals surface area contributed by atoms with Crippen LogP contribution in [0.4, 0.5) is 0 Å². The van der Waals surface area contributed by atoms with Gasteiger partial charge in [-0.05, 0) is 20.9 Å². The topological polar surface area (TPSA) is 56.8 Å². The normalized spacial score (nSPS) is 30.9. The highest BCUT2D eigenvalue weighted by Crippen LogP contribution is 2.05. The minimum absolute atomic E-state index is 0.0545. The van der Waals surface area contributed by atoms with Crippen molar-refractivity contribution in [1.82, 2.24) is 20.4 Å². The first-order valence-electron chi connectivity index (χ1n) is 7.62. The van der Waals surface area contributed by atoms with Crippen LogP contribution in [0.5, 0.6) is 0 Å². The zero-order chi connectivity index (χ0) is 14.5. The number of hydrogen-bond donors (Lipinski definition) is 2. The number of piperazine rings is 1. The Balaban J connectivity index is 1.73. The molecule has 0 radical (unpaired) electrons. The number of hydrogen-bond acceptors (Lipinski definition) is 5. The Hall–Kier alpha value is -0.690. The number of rotatable bonds is 4. The molecule has 1 unspecified atom stereocenters. The molecule has 2 saturated heterocycles. The van der Waals surface area contributed by atoms with Gasteiger partial charge in [0.2, 0.25) is 5.91 Å². The lowest BCUT2D eigenvalue weighted by atomic mass is 10.1. The van der Waals surface area contributed by atoms with Crippen molar-refractivity contribution in [3.8, 4) is 0 Å². The molecule has 2 rings (SSSR count). The molecule has 116 valence electrons. The number of nitrogens with zero attached hydrogens (tertiary/aromatic N) is 2. The van der Waals surface area contributed by atoms with E-state index in [4.69, 9.17) is 4.74 Å². The number of ether oxygens (including phenoxy) is 1. The molecule has 1 amide bonds. The second-order valence-corrected chi connectivity index (χ2v) is 6.02. The van der Waals surface area contributed by atoms with E-state index in [0.29, 0.717) is 6.61 Å². The molecule has 2 heterocycles. The zero-order valence-corrected chi connectivity index (χ0v) is 12.9. The summed E-state index contributed by atoms with van der Waals surface area (Å²) in [6.45, 7) is 10.7. The van der Waals surface area contributed by atoms with Gasteiger partial charge in [-0.1, -0.05) is 0 Å². The van der Waals surface area contributed by atoms with Crippen LogP contribution in [0, 0.1) is 0 Å². The van der Waals surface area contributed by atoms with Crippen LogP contribution in [0.3, 0.4) is 0 Å². The molecular weight excluding hydrogens is 256 g/mol. The van der Waals surface area contributed by atoms with Crippen molar-refractivity contribution in [3.63, 3.8) is 0 Å². The molecule has 2 N–H and O–H groups in total. The second kappa shape index (κ2) is 7.36. The molecule has 0 aromatic carbocycles. The Morgan fingerprint density at radius 3 is 2.75 bits per heavy atom. The minimum Gasteiger partial charge on any atom is -0.375 e. The summed E-state index contributed by atoms with van der Waals surface area (Å²) in [4.78, 5) is 17.0. The largest absolute Gasteiger partial charge is 0.375 e. The van der Waals surface area contributed by atoms with Crippen molar-refractivity contribution in [2.24, 2.45) is 0 Å². The molecule has 2 aliphatic rings. The highest BCUT2D eigenvalue weighted by molar-refractivity contribution is 5.82. The highest BCUT2D eigenvalue weighted by Gasteiger charge is 2.29. The predicted molar refractivity (Wildman–Crippen MR) is 78.7 cm³/mol. The molecule has 6 heteroatoms. The van der Waals surface area contributed by atoms with Gasteiger partial charge in [-0.15, -0.1) is 0 Å². The van der Waals surface area contributed by atoms with Crippen molar-refractivity contribution >= 4 is 5.91 Å². The molecule has 2 fully saturated rings. The molecule has 3 atom stereocenters. The van der Waals surface area contributed by atoms with Crippen molar-refractivity contribution in [2.45, 2.75) is 32.0 Å². The standard InChI is InChI=1S/C14H28N4O2/c1-11(10-18-7-5-17(3)6-8-18)16-14(19)13-12(2)20-9-4-15-13/h11-13,15H,4-10H2,1-3H3,(H,16,19)/t11?,12-,13+/m1/s1. The van der Waals surface area contributed by atoms with Crippen LogP contribution in [0.1, 0.15) is 13.8 Å². The van der Waals surface area contributed by atoms with Crippen LogP contribution in [0.25, 0.3) is 0 Å². The van der Waals surface area contributed by atoms with Gasteiger partial charge in [-0.3, -0.25) is 9.69 Å². The maximum atomic E-state index is 12.2. The Kier molecular flexibility index (Phi) is 5.77. The smallest absolute Gasteiger partial charge is 0.240 e. The summed E-state index contributed by atoms with van der Waals surface area (Å²) in [5.41, 5.74) is 0. The summed E-state index contributed by atoms with van der Waals surface area (Å²) in [5, 5.41) is 6.33.